The van der Waals surface area contributed by atoms with E-state index < -0.39 is 60.3 Å². The number of aromatic hydroxyl groups is 1. The molecule has 4 amide bonds. The lowest BCUT2D eigenvalue weighted by Crippen LogP contribution is -2.56. The van der Waals surface area contributed by atoms with Gasteiger partial charge in [0.1, 0.15) is 23.9 Å². The van der Waals surface area contributed by atoms with E-state index in [9.17, 15) is 34.2 Å². The second kappa shape index (κ2) is 16.4. The van der Waals surface area contributed by atoms with Crippen LogP contribution in [0.25, 0.3) is 0 Å². The summed E-state index contributed by atoms with van der Waals surface area (Å²) in [6.07, 6.45) is 0.307. The number of carbonyl (C=O) groups excluding carboxylic acids is 4. The Morgan fingerprint density at radius 1 is 0.659 bits per heavy atom. The Morgan fingerprint density at radius 2 is 1.16 bits per heavy atom. The number of nitrogens with one attached hydrogen (secondary N) is 4. The lowest BCUT2D eigenvalue weighted by atomic mass is 10.0. The molecule has 3 aromatic carbocycles. The van der Waals surface area contributed by atoms with Crippen molar-refractivity contribution in [3.8, 4) is 5.75 Å². The molecule has 44 heavy (non-hydrogen) atoms. The Kier molecular flexibility index (Phi) is 12.4. The topological polar surface area (TPSA) is 200 Å². The Labute approximate surface area is 255 Å². The highest BCUT2D eigenvalue weighted by molar-refractivity contribution is 5.94. The summed E-state index contributed by atoms with van der Waals surface area (Å²) in [6, 6.07) is 19.5. The third-order valence-corrected chi connectivity index (χ3v) is 6.74. The second-order valence-electron chi connectivity index (χ2n) is 10.3. The first-order valence-electron chi connectivity index (χ1n) is 14.0. The molecule has 12 heteroatoms. The molecule has 3 rings (SSSR count). The quantitative estimate of drug-likeness (QED) is 0.130. The van der Waals surface area contributed by atoms with E-state index in [1.54, 1.807) is 72.8 Å². The van der Waals surface area contributed by atoms with Gasteiger partial charge in [-0.2, -0.15) is 0 Å². The number of aliphatic carboxylic acids is 1. The van der Waals surface area contributed by atoms with Crippen LogP contribution in [0.2, 0.25) is 0 Å². The van der Waals surface area contributed by atoms with E-state index >= 15 is 0 Å². The summed E-state index contributed by atoms with van der Waals surface area (Å²) in [5.74, 6) is -3.75. The van der Waals surface area contributed by atoms with Crippen LogP contribution in [0.5, 0.6) is 5.75 Å². The molecule has 0 saturated heterocycles. The molecule has 0 aliphatic rings. The molecule has 232 valence electrons. The summed E-state index contributed by atoms with van der Waals surface area (Å²) in [7, 11) is 0. The molecule has 0 radical (unpaired) electrons. The number of amides is 4. The molecule has 0 unspecified atom stereocenters. The highest BCUT2D eigenvalue weighted by Crippen LogP contribution is 2.11. The number of carbonyl (C=O) groups is 5. The fourth-order valence-corrected chi connectivity index (χ4v) is 4.31. The Hall–Kier alpha value is -5.23. The smallest absolute Gasteiger partial charge is 0.326 e. The van der Waals surface area contributed by atoms with Crippen LogP contribution in [0.15, 0.2) is 84.9 Å². The molecular weight excluding hydrogens is 566 g/mol. The summed E-state index contributed by atoms with van der Waals surface area (Å²) in [5.41, 5.74) is 8.09. The number of carboxylic acids is 1. The van der Waals surface area contributed by atoms with Gasteiger partial charge in [-0.1, -0.05) is 72.8 Å². The summed E-state index contributed by atoms with van der Waals surface area (Å²) >= 11 is 0. The zero-order valence-corrected chi connectivity index (χ0v) is 24.2. The monoisotopic (exact) mass is 603 g/mol. The van der Waals surface area contributed by atoms with Crippen LogP contribution in [0.3, 0.4) is 0 Å². The minimum absolute atomic E-state index is 0.0463. The van der Waals surface area contributed by atoms with E-state index in [2.05, 4.69) is 21.3 Å². The number of hydrogen-bond donors (Lipinski definition) is 7. The van der Waals surface area contributed by atoms with E-state index in [0.717, 1.165) is 11.1 Å². The maximum absolute atomic E-state index is 13.3. The number of rotatable bonds is 15. The molecule has 3 aromatic rings. The predicted molar refractivity (Wildman–Crippen MR) is 162 cm³/mol. The molecule has 0 heterocycles. The van der Waals surface area contributed by atoms with Crippen LogP contribution in [0.1, 0.15) is 23.6 Å². The third-order valence-electron chi connectivity index (χ3n) is 6.74. The molecule has 0 saturated carbocycles. The van der Waals surface area contributed by atoms with Crippen LogP contribution in [0, 0.1) is 0 Å². The van der Waals surface area contributed by atoms with Gasteiger partial charge in [-0.05, 0) is 42.2 Å². The maximum atomic E-state index is 13.3. The van der Waals surface area contributed by atoms with Gasteiger partial charge in [-0.15, -0.1) is 0 Å². The first kappa shape index (κ1) is 33.3. The van der Waals surface area contributed by atoms with Gasteiger partial charge in [0.2, 0.25) is 23.6 Å². The average molecular weight is 604 g/mol. The molecule has 8 N–H and O–H groups in total. The first-order valence-corrected chi connectivity index (χ1v) is 14.0. The lowest BCUT2D eigenvalue weighted by molar-refractivity contribution is -0.142. The van der Waals surface area contributed by atoms with Crippen molar-refractivity contribution in [2.45, 2.75) is 50.4 Å². The van der Waals surface area contributed by atoms with Gasteiger partial charge in [-0.3, -0.25) is 19.2 Å². The number of nitrogens with two attached hydrogens (primary N) is 1. The van der Waals surface area contributed by atoms with Crippen molar-refractivity contribution in [3.05, 3.63) is 102 Å². The molecule has 12 nitrogen and oxygen atoms in total. The maximum Gasteiger partial charge on any atom is 0.326 e. The van der Waals surface area contributed by atoms with Crippen molar-refractivity contribution < 1.29 is 34.2 Å². The number of carboxylic acid groups (broad SMARTS) is 1. The minimum atomic E-state index is -1.23. The molecule has 0 fully saturated rings. The van der Waals surface area contributed by atoms with Crippen molar-refractivity contribution in [1.29, 1.82) is 0 Å². The summed E-state index contributed by atoms with van der Waals surface area (Å²) in [4.78, 5) is 63.0. The Bertz CT molecular complexity index is 1420. The Balaban J connectivity index is 1.57. The van der Waals surface area contributed by atoms with Crippen molar-refractivity contribution in [1.82, 2.24) is 21.3 Å². The van der Waals surface area contributed by atoms with E-state index in [1.165, 1.54) is 19.1 Å². The van der Waals surface area contributed by atoms with Crippen LogP contribution in [0.4, 0.5) is 0 Å². The van der Waals surface area contributed by atoms with Crippen molar-refractivity contribution >= 4 is 29.6 Å². The lowest BCUT2D eigenvalue weighted by Gasteiger charge is -2.23. The van der Waals surface area contributed by atoms with Gasteiger partial charge in [0.15, 0.2) is 0 Å². The molecular formula is C32H37N5O7. The fraction of sp³-hybridized carbons (Fsp3) is 0.281. The van der Waals surface area contributed by atoms with Gasteiger partial charge < -0.3 is 37.2 Å². The van der Waals surface area contributed by atoms with Gasteiger partial charge in [-0.25, -0.2) is 4.79 Å². The van der Waals surface area contributed by atoms with Gasteiger partial charge in [0, 0.05) is 12.8 Å². The van der Waals surface area contributed by atoms with Crippen molar-refractivity contribution in [2.75, 3.05) is 6.54 Å². The summed E-state index contributed by atoms with van der Waals surface area (Å²) in [5, 5.41) is 29.1. The van der Waals surface area contributed by atoms with Gasteiger partial charge >= 0.3 is 5.97 Å². The largest absolute Gasteiger partial charge is 0.508 e. The van der Waals surface area contributed by atoms with Gasteiger partial charge in [0.05, 0.1) is 12.6 Å². The molecule has 0 aliphatic heterocycles. The minimum Gasteiger partial charge on any atom is -0.508 e. The molecule has 4 atom stereocenters. The van der Waals surface area contributed by atoms with Crippen LogP contribution in [-0.4, -0.2) is 70.5 Å². The normalized spacial score (nSPS) is 13.4. The predicted octanol–water partition coefficient (Wildman–Crippen LogP) is 0.423. The molecule has 0 bridgehead atoms. The number of phenols is 1. The standard InChI is InChI=1S/C32H37N5O7/c1-20(35-28(39)19-34-30(41)25(33)16-23-12-14-24(38)15-13-23)29(40)36-26(17-21-8-4-2-5-9-21)31(42)37-27(32(43)44)18-22-10-6-3-7-11-22/h2-15,20,25-27,38H,16-19,33H2,1H3,(H,34,41)(H,35,39)(H,36,40)(H,37,42)(H,43,44)/t20-,25-,26-,27-/m0/s1. The fourth-order valence-electron chi connectivity index (χ4n) is 4.31. The Morgan fingerprint density at radius 3 is 1.70 bits per heavy atom. The van der Waals surface area contributed by atoms with E-state index in [1.807, 2.05) is 0 Å². The molecule has 0 spiro atoms. The summed E-state index contributed by atoms with van der Waals surface area (Å²) in [6.45, 7) is 0.978. The zero-order chi connectivity index (χ0) is 32.1. The SMILES string of the molecule is C[C@H](NC(=O)CNC(=O)[C@@H](N)Cc1ccc(O)cc1)C(=O)N[C@@H](Cc1ccccc1)C(=O)N[C@@H](Cc1ccccc1)C(=O)O. The van der Waals surface area contributed by atoms with E-state index in [0.29, 0.717) is 5.56 Å². The first-order chi connectivity index (χ1) is 21.0. The van der Waals surface area contributed by atoms with E-state index in [-0.39, 0.29) is 25.0 Å². The second-order valence-corrected chi connectivity index (χ2v) is 10.3. The number of hydrogen-bond acceptors (Lipinski definition) is 7. The highest BCUT2D eigenvalue weighted by Gasteiger charge is 2.29. The average Bonchev–Trinajstić information content (AvgIpc) is 3.01. The zero-order valence-electron chi connectivity index (χ0n) is 24.2. The van der Waals surface area contributed by atoms with Crippen molar-refractivity contribution in [3.63, 3.8) is 0 Å². The van der Waals surface area contributed by atoms with E-state index in [4.69, 9.17) is 5.73 Å². The third kappa shape index (κ3) is 10.9. The number of benzene rings is 3. The van der Waals surface area contributed by atoms with Gasteiger partial charge in [0.25, 0.3) is 0 Å². The highest BCUT2D eigenvalue weighted by atomic mass is 16.4. The van der Waals surface area contributed by atoms with Crippen LogP contribution in [-0.2, 0) is 43.2 Å². The summed E-state index contributed by atoms with van der Waals surface area (Å²) < 4.78 is 0. The molecule has 0 aliphatic carbocycles. The van der Waals surface area contributed by atoms with Crippen molar-refractivity contribution in [2.24, 2.45) is 5.73 Å². The number of phenolic OH excluding ortho intramolecular Hbond substituents is 1. The van der Waals surface area contributed by atoms with Crippen LogP contribution >= 0.6 is 0 Å². The van der Waals surface area contributed by atoms with Crippen LogP contribution < -0.4 is 27.0 Å². The molecule has 0 aromatic heterocycles.